The van der Waals surface area contributed by atoms with E-state index in [1.165, 1.54) is 50.5 Å². The van der Waals surface area contributed by atoms with Crippen LogP contribution in [0.5, 0.6) is 57.5 Å². The molecule has 596 valence electrons. The fourth-order valence-corrected chi connectivity index (χ4v) is 14.5. The molecule has 0 saturated carbocycles. The SMILES string of the molecule is COc1cc(C)c(C=O)c2ccsc12.COc1cc(C)cc(C=O)c1O.COc1cc(C)cc(C=O)c1OC(=S)N(C)C.COc1cc(C)cc(C=O)c1S.COc1cc(C)cc(C=O)c1SC(=S)N(C)C.COc1cc(C)cc2cc(C(=O)O)oc12.COc1cc(C)cc2cc(C(=O)O)sc12.Cc1cc(O)c2sccc2c1. The molecule has 0 spiro atoms. The minimum Gasteiger partial charge on any atom is -0.506 e. The smallest absolute Gasteiger partial charge is 0.371 e. The summed E-state index contributed by atoms with van der Waals surface area (Å²) in [5.41, 5.74) is 11.0. The highest BCUT2D eigenvalue weighted by Gasteiger charge is 2.19. The number of carbonyl (C=O) groups excluding carboxylic acids is 5. The molecule has 12 rings (SSSR count). The first-order valence-corrected chi connectivity index (χ1v) is 38.3. The van der Waals surface area contributed by atoms with Gasteiger partial charge < -0.3 is 72.5 Å². The van der Waals surface area contributed by atoms with Gasteiger partial charge in [-0.3, -0.25) is 24.0 Å². The number of nitrogens with zero attached hydrogens (tertiary/aromatic N) is 2. The molecule has 0 aliphatic heterocycles. The molecule has 4 aromatic heterocycles. The lowest BCUT2D eigenvalue weighted by molar-refractivity contribution is 0.0661. The first-order chi connectivity index (χ1) is 53.6. The Kier molecular flexibility index (Phi) is 36.3. The van der Waals surface area contributed by atoms with Gasteiger partial charge in [0.05, 0.1) is 84.8 Å². The summed E-state index contributed by atoms with van der Waals surface area (Å²) in [6.07, 6.45) is 3.84. The Morgan fingerprint density at radius 1 is 0.469 bits per heavy atom. The molecule has 29 heteroatoms. The summed E-state index contributed by atoms with van der Waals surface area (Å²) < 4.78 is 50.2. The second-order valence-corrected chi connectivity index (χ2v) is 30.2. The molecule has 4 heterocycles. The number of thiocarbonyl (C=S) groups is 2. The van der Waals surface area contributed by atoms with Crippen LogP contribution in [-0.4, -0.2) is 161 Å². The van der Waals surface area contributed by atoms with E-state index in [1.807, 2.05) is 140 Å². The summed E-state index contributed by atoms with van der Waals surface area (Å²) in [6, 6.07) is 34.6. The summed E-state index contributed by atoms with van der Waals surface area (Å²) in [5, 5.41) is 44.5. The lowest BCUT2D eigenvalue weighted by Gasteiger charge is -2.17. The average Bonchev–Trinajstić information content (AvgIpc) is 1.71. The second kappa shape index (κ2) is 44.3. The Bertz CT molecular complexity index is 5160. The molecule has 0 bridgehead atoms. The number of aromatic carboxylic acids is 2. The van der Waals surface area contributed by atoms with Crippen molar-refractivity contribution < 1.29 is 96.3 Å². The fraction of sp³-hybridized carbons (Fsp3) is 0.226. The highest BCUT2D eigenvalue weighted by Crippen LogP contribution is 2.39. The molecule has 4 N–H and O–H groups in total. The van der Waals surface area contributed by atoms with Crippen molar-refractivity contribution >= 4 is 177 Å². The van der Waals surface area contributed by atoms with Crippen molar-refractivity contribution in [2.24, 2.45) is 0 Å². The number of thiol groups is 1. The first-order valence-electron chi connectivity index (χ1n) is 33.7. The zero-order valence-electron chi connectivity index (χ0n) is 65.6. The van der Waals surface area contributed by atoms with E-state index >= 15 is 0 Å². The number of aromatic hydroxyl groups is 2. The summed E-state index contributed by atoms with van der Waals surface area (Å²) in [5.74, 6) is 2.89. The molecular weight excluding hydrogens is 1580 g/mol. The number of aryl methyl sites for hydroxylation is 8. The van der Waals surface area contributed by atoms with E-state index in [4.69, 9.17) is 77.0 Å². The van der Waals surface area contributed by atoms with Crippen molar-refractivity contribution in [2.75, 3.05) is 78.0 Å². The molecule has 0 atom stereocenters. The molecule has 22 nitrogen and oxygen atoms in total. The van der Waals surface area contributed by atoms with E-state index < -0.39 is 11.9 Å². The topological polar surface area (TPSA) is 294 Å². The van der Waals surface area contributed by atoms with Crippen LogP contribution >= 0.6 is 82.8 Å². The number of thioether (sulfide) groups is 1. The monoisotopic (exact) mass is 1670 g/mol. The summed E-state index contributed by atoms with van der Waals surface area (Å²) in [6.45, 7) is 15.3. The van der Waals surface area contributed by atoms with E-state index in [9.17, 15) is 43.8 Å². The van der Waals surface area contributed by atoms with Crippen molar-refractivity contribution in [2.45, 2.75) is 65.2 Å². The van der Waals surface area contributed by atoms with Gasteiger partial charge in [0.2, 0.25) is 5.76 Å². The van der Waals surface area contributed by atoms with E-state index in [2.05, 4.69) is 18.7 Å². The number of carboxylic acids is 2. The van der Waals surface area contributed by atoms with Gasteiger partial charge in [0.15, 0.2) is 65.8 Å². The van der Waals surface area contributed by atoms with Gasteiger partial charge in [-0.25, -0.2) is 9.59 Å². The number of hydrogen-bond donors (Lipinski definition) is 5. The van der Waals surface area contributed by atoms with Crippen LogP contribution in [-0.2, 0) is 0 Å². The predicted octanol–water partition coefficient (Wildman–Crippen LogP) is 19.7. The van der Waals surface area contributed by atoms with Crippen LogP contribution in [0.2, 0.25) is 0 Å². The Morgan fingerprint density at radius 2 is 0.929 bits per heavy atom. The number of carbonyl (C=O) groups is 7. The van der Waals surface area contributed by atoms with Gasteiger partial charge in [-0.2, -0.15) is 0 Å². The number of carboxylic acid groups (broad SMARTS) is 2. The molecule has 0 fully saturated rings. The minimum absolute atomic E-state index is 0.0751. The highest BCUT2D eigenvalue weighted by atomic mass is 32.2. The number of thiophene rings is 3. The lowest BCUT2D eigenvalue weighted by Crippen LogP contribution is -2.25. The van der Waals surface area contributed by atoms with E-state index in [0.717, 1.165) is 127 Å². The largest absolute Gasteiger partial charge is 0.506 e. The van der Waals surface area contributed by atoms with Crippen LogP contribution in [0.15, 0.2) is 140 Å². The first kappa shape index (κ1) is 92.6. The maximum absolute atomic E-state index is 11.1. The van der Waals surface area contributed by atoms with Crippen LogP contribution in [0.3, 0.4) is 0 Å². The maximum Gasteiger partial charge on any atom is 0.371 e. The number of hydrogen-bond acceptors (Lipinski definition) is 25. The van der Waals surface area contributed by atoms with Gasteiger partial charge in [0.25, 0.3) is 5.17 Å². The number of methoxy groups -OCH3 is 7. The molecule has 0 aliphatic carbocycles. The van der Waals surface area contributed by atoms with Gasteiger partial charge in [-0.05, 0) is 237 Å². The Hall–Kier alpha value is -11.1. The molecule has 113 heavy (non-hydrogen) atoms. The molecule has 12 aromatic rings. The third-order valence-corrected chi connectivity index (χ3v) is 21.5. The van der Waals surface area contributed by atoms with Crippen molar-refractivity contribution in [3.05, 3.63) is 209 Å². The average molecular weight is 1670 g/mol. The lowest BCUT2D eigenvalue weighted by atomic mass is 10.1. The minimum atomic E-state index is -1.08. The van der Waals surface area contributed by atoms with Gasteiger partial charge >= 0.3 is 11.9 Å². The summed E-state index contributed by atoms with van der Waals surface area (Å²) >= 11 is 20.2. The number of phenols is 2. The van der Waals surface area contributed by atoms with E-state index in [1.54, 1.807) is 119 Å². The molecule has 0 unspecified atom stereocenters. The quantitative estimate of drug-likeness (QED) is 0.0260. The number of rotatable bonds is 16. The second-order valence-electron chi connectivity index (χ2n) is 24.9. The highest BCUT2D eigenvalue weighted by molar-refractivity contribution is 8.23. The van der Waals surface area contributed by atoms with Crippen molar-refractivity contribution in [3.8, 4) is 57.5 Å². The number of furan rings is 1. The van der Waals surface area contributed by atoms with Crippen molar-refractivity contribution in [1.82, 2.24) is 9.80 Å². The predicted molar refractivity (Wildman–Crippen MR) is 462 cm³/mol. The van der Waals surface area contributed by atoms with Crippen LogP contribution < -0.4 is 37.9 Å². The molecule has 0 aliphatic rings. The normalized spacial score (nSPS) is 10.1. The van der Waals surface area contributed by atoms with E-state index in [0.29, 0.717) is 82.9 Å². The molecular formula is C84H88N2O20S7. The van der Waals surface area contributed by atoms with Gasteiger partial charge in [-0.15, -0.1) is 46.6 Å². The molecule has 8 aromatic carbocycles. The molecule has 0 saturated heterocycles. The number of phenolic OH excluding ortho intramolecular Hbond substituents is 2. The molecule has 0 amide bonds. The maximum atomic E-state index is 11.1. The zero-order chi connectivity index (χ0) is 84.2. The summed E-state index contributed by atoms with van der Waals surface area (Å²) in [7, 11) is 18.2. The van der Waals surface area contributed by atoms with Crippen molar-refractivity contribution in [1.29, 1.82) is 0 Å². The third kappa shape index (κ3) is 25.5. The third-order valence-electron chi connectivity index (χ3n) is 15.7. The Balaban J connectivity index is 0.000000232. The summed E-state index contributed by atoms with van der Waals surface area (Å²) in [4.78, 5) is 80.7. The Labute approximate surface area is 687 Å². The number of fused-ring (bicyclic) bond motifs is 4. The fourth-order valence-electron chi connectivity index (χ4n) is 10.4. The van der Waals surface area contributed by atoms with Crippen molar-refractivity contribution in [3.63, 3.8) is 0 Å². The van der Waals surface area contributed by atoms with Gasteiger partial charge in [0.1, 0.15) is 37.9 Å². The van der Waals surface area contributed by atoms with Gasteiger partial charge in [0, 0.05) is 55.7 Å². The number of aldehydes is 5. The van der Waals surface area contributed by atoms with Crippen LogP contribution in [0, 0.1) is 55.4 Å². The number of benzene rings is 8. The standard InChI is InChI=1S/C12H15NO3S.C12H15NO2S2.C11H10O4.C11H10O3S.C11H10O2S.C9H10O3.C9H10O2S.C9H8OS/c1-8-5-9(7-14)11(10(6-8)15-4)16-12(17)13(2)3;1-8-5-9(7-14)11(10(6-8)15-4)17-12(16)13(2)3;2*1-6-3-7-5-9(11(12)13)15-10(7)8(4-6)14-2;1-7-5-10(13-2)11-8(3-4-14-11)9(7)6-12;1-6-3-7(5-10)9(11)8(4-6)12-2;1-6-3-7(5-10)9(12)8(4-6)11-2;1-6-4-7-2-3-11-9(7)8(10)5-6/h2*5-7H,1-4H3;2*3-5H,1-2H3,(H,12,13);3-6H,1-2H3;3-5,11H,1-2H3;3-5,12H,1-2H3;2-5,10H,1H3. The molecule has 0 radical (unpaired) electrons. The zero-order valence-corrected chi connectivity index (χ0v) is 71.4. The number of ether oxygens (including phenoxy) is 8. The van der Waals surface area contributed by atoms with Gasteiger partial charge in [-0.1, -0.05) is 36.1 Å². The van der Waals surface area contributed by atoms with Crippen LogP contribution in [0.4, 0.5) is 0 Å². The Morgan fingerprint density at radius 3 is 1.46 bits per heavy atom. The van der Waals surface area contributed by atoms with Crippen LogP contribution in [0.1, 0.15) is 117 Å². The van der Waals surface area contributed by atoms with Crippen LogP contribution in [0.25, 0.3) is 41.2 Å². The van der Waals surface area contributed by atoms with E-state index in [-0.39, 0.29) is 22.2 Å².